The third kappa shape index (κ3) is 4.70. The SMILES string of the molecule is Cc1nnc(-c2cccc(N3CCC(NCCc4ccncc4)CC3)c2)s1. The van der Waals surface area contributed by atoms with Gasteiger partial charge in [0.25, 0.3) is 0 Å². The van der Waals surface area contributed by atoms with Gasteiger partial charge in [-0.2, -0.15) is 0 Å². The van der Waals surface area contributed by atoms with Crippen LogP contribution in [0.4, 0.5) is 5.69 Å². The highest BCUT2D eigenvalue weighted by atomic mass is 32.1. The molecule has 6 heteroatoms. The zero-order valence-electron chi connectivity index (χ0n) is 15.6. The Bertz CT molecular complexity index is 856. The third-order valence-electron chi connectivity index (χ3n) is 5.08. The minimum atomic E-state index is 0.608. The molecule has 0 unspecified atom stereocenters. The Morgan fingerprint density at radius 2 is 1.93 bits per heavy atom. The van der Waals surface area contributed by atoms with Crippen LogP contribution in [0.25, 0.3) is 10.6 Å². The van der Waals surface area contributed by atoms with Crippen LogP contribution in [0, 0.1) is 6.92 Å². The van der Waals surface area contributed by atoms with Crippen molar-refractivity contribution in [1.29, 1.82) is 0 Å². The summed E-state index contributed by atoms with van der Waals surface area (Å²) in [6.07, 6.45) is 7.15. The van der Waals surface area contributed by atoms with E-state index < -0.39 is 0 Å². The summed E-state index contributed by atoms with van der Waals surface area (Å²) in [7, 11) is 0. The summed E-state index contributed by atoms with van der Waals surface area (Å²) in [5.41, 5.74) is 3.80. The Balaban J connectivity index is 1.29. The number of nitrogens with one attached hydrogen (secondary N) is 1. The number of benzene rings is 1. The molecule has 0 amide bonds. The number of piperidine rings is 1. The standard InChI is InChI=1S/C21H25N5S/c1-16-24-25-21(27-16)18-3-2-4-20(15-18)26-13-8-19(9-14-26)23-12-7-17-5-10-22-11-6-17/h2-6,10-11,15,19,23H,7-9,12-14H2,1H3. The quantitative estimate of drug-likeness (QED) is 0.708. The van der Waals surface area contributed by atoms with E-state index in [0.717, 1.165) is 41.6 Å². The van der Waals surface area contributed by atoms with Gasteiger partial charge >= 0.3 is 0 Å². The van der Waals surface area contributed by atoms with E-state index in [1.165, 1.54) is 24.1 Å². The zero-order chi connectivity index (χ0) is 18.5. The van der Waals surface area contributed by atoms with E-state index in [0.29, 0.717) is 6.04 Å². The van der Waals surface area contributed by atoms with Crippen LogP contribution in [0.2, 0.25) is 0 Å². The van der Waals surface area contributed by atoms with Crippen molar-refractivity contribution < 1.29 is 0 Å². The lowest BCUT2D eigenvalue weighted by Crippen LogP contribution is -2.43. The van der Waals surface area contributed by atoms with Crippen molar-refractivity contribution in [2.75, 3.05) is 24.5 Å². The lowest BCUT2D eigenvalue weighted by molar-refractivity contribution is 0.417. The second-order valence-corrected chi connectivity index (χ2v) is 8.18. The fraction of sp³-hybridized carbons (Fsp3) is 0.381. The molecule has 0 aliphatic carbocycles. The predicted molar refractivity (Wildman–Crippen MR) is 111 cm³/mol. The van der Waals surface area contributed by atoms with Gasteiger partial charge in [0.2, 0.25) is 0 Å². The molecule has 27 heavy (non-hydrogen) atoms. The summed E-state index contributed by atoms with van der Waals surface area (Å²) in [5.74, 6) is 0. The maximum absolute atomic E-state index is 4.28. The lowest BCUT2D eigenvalue weighted by atomic mass is 10.0. The smallest absolute Gasteiger partial charge is 0.147 e. The maximum Gasteiger partial charge on any atom is 0.147 e. The first-order valence-electron chi connectivity index (χ1n) is 9.56. The molecule has 1 aliphatic rings. The average molecular weight is 380 g/mol. The first-order valence-corrected chi connectivity index (χ1v) is 10.4. The van der Waals surface area contributed by atoms with Crippen molar-refractivity contribution in [2.45, 2.75) is 32.2 Å². The van der Waals surface area contributed by atoms with Crippen molar-refractivity contribution >= 4 is 17.0 Å². The third-order valence-corrected chi connectivity index (χ3v) is 5.96. The lowest BCUT2D eigenvalue weighted by Gasteiger charge is -2.34. The number of pyridine rings is 1. The molecule has 1 aromatic carbocycles. The number of aryl methyl sites for hydroxylation is 1. The molecule has 3 heterocycles. The number of hydrogen-bond acceptors (Lipinski definition) is 6. The maximum atomic E-state index is 4.28. The highest BCUT2D eigenvalue weighted by Crippen LogP contribution is 2.28. The normalized spacial score (nSPS) is 15.2. The number of nitrogens with zero attached hydrogens (tertiary/aromatic N) is 4. The topological polar surface area (TPSA) is 53.9 Å². The fourth-order valence-electron chi connectivity index (χ4n) is 3.56. The Morgan fingerprint density at radius 3 is 2.67 bits per heavy atom. The molecule has 1 fully saturated rings. The van der Waals surface area contributed by atoms with Gasteiger partial charge in [-0.1, -0.05) is 23.5 Å². The molecule has 0 radical (unpaired) electrons. The van der Waals surface area contributed by atoms with Gasteiger partial charge in [0.05, 0.1) is 0 Å². The zero-order valence-corrected chi connectivity index (χ0v) is 16.5. The molecular formula is C21H25N5S. The molecule has 4 rings (SSSR count). The van der Waals surface area contributed by atoms with Crippen LogP contribution in [0.15, 0.2) is 48.8 Å². The summed E-state index contributed by atoms with van der Waals surface area (Å²) < 4.78 is 0. The van der Waals surface area contributed by atoms with Crippen LogP contribution in [0.5, 0.6) is 0 Å². The number of aromatic nitrogens is 3. The monoisotopic (exact) mass is 379 g/mol. The summed E-state index contributed by atoms with van der Waals surface area (Å²) in [4.78, 5) is 6.56. The first-order chi connectivity index (χ1) is 13.3. The number of anilines is 1. The van der Waals surface area contributed by atoms with Gasteiger partial charge in [-0.25, -0.2) is 0 Å². The van der Waals surface area contributed by atoms with Gasteiger partial charge in [-0.3, -0.25) is 4.98 Å². The van der Waals surface area contributed by atoms with Crippen molar-refractivity contribution in [3.05, 3.63) is 59.4 Å². The molecule has 140 valence electrons. The Morgan fingerprint density at radius 1 is 1.11 bits per heavy atom. The van der Waals surface area contributed by atoms with Crippen LogP contribution in [0.3, 0.4) is 0 Å². The fourth-order valence-corrected chi connectivity index (χ4v) is 4.25. The summed E-state index contributed by atoms with van der Waals surface area (Å²) in [6, 6.07) is 13.5. The predicted octanol–water partition coefficient (Wildman–Crippen LogP) is 3.71. The van der Waals surface area contributed by atoms with Crippen LogP contribution in [-0.2, 0) is 6.42 Å². The molecule has 5 nitrogen and oxygen atoms in total. The summed E-state index contributed by atoms with van der Waals surface area (Å²) in [6.45, 7) is 5.20. The molecule has 3 aromatic rings. The number of hydrogen-bond donors (Lipinski definition) is 1. The Labute approximate surface area is 164 Å². The molecule has 1 saturated heterocycles. The molecule has 0 bridgehead atoms. The molecule has 1 N–H and O–H groups in total. The van der Waals surface area contributed by atoms with Gasteiger partial charge in [0, 0.05) is 42.8 Å². The van der Waals surface area contributed by atoms with E-state index in [1.54, 1.807) is 11.3 Å². The Kier molecular flexibility index (Phi) is 5.75. The minimum absolute atomic E-state index is 0.608. The Hall–Kier alpha value is -2.31. The molecular weight excluding hydrogens is 354 g/mol. The van der Waals surface area contributed by atoms with E-state index in [1.807, 2.05) is 19.3 Å². The van der Waals surface area contributed by atoms with Crippen LogP contribution < -0.4 is 10.2 Å². The van der Waals surface area contributed by atoms with Gasteiger partial charge in [0.15, 0.2) is 0 Å². The number of rotatable bonds is 6. The van der Waals surface area contributed by atoms with E-state index >= 15 is 0 Å². The van der Waals surface area contributed by atoms with E-state index in [-0.39, 0.29) is 0 Å². The molecule has 0 spiro atoms. The van der Waals surface area contributed by atoms with Gasteiger partial charge < -0.3 is 10.2 Å². The van der Waals surface area contributed by atoms with Crippen molar-refractivity contribution in [3.63, 3.8) is 0 Å². The average Bonchev–Trinajstić information content (AvgIpc) is 3.16. The van der Waals surface area contributed by atoms with Crippen molar-refractivity contribution in [3.8, 4) is 10.6 Å². The second-order valence-electron chi connectivity index (χ2n) is 7.00. The second kappa shape index (κ2) is 8.59. The minimum Gasteiger partial charge on any atom is -0.371 e. The molecule has 2 aromatic heterocycles. The van der Waals surface area contributed by atoms with Gasteiger partial charge in [-0.05, 0) is 62.6 Å². The first kappa shape index (κ1) is 18.1. The van der Waals surface area contributed by atoms with Gasteiger partial charge in [-0.15, -0.1) is 10.2 Å². The van der Waals surface area contributed by atoms with Crippen LogP contribution >= 0.6 is 11.3 Å². The van der Waals surface area contributed by atoms with E-state index in [4.69, 9.17) is 0 Å². The van der Waals surface area contributed by atoms with Crippen molar-refractivity contribution in [1.82, 2.24) is 20.5 Å². The largest absolute Gasteiger partial charge is 0.371 e. The van der Waals surface area contributed by atoms with Crippen molar-refractivity contribution in [2.24, 2.45) is 0 Å². The molecule has 0 atom stereocenters. The summed E-state index contributed by atoms with van der Waals surface area (Å²) in [5, 5.41) is 14.1. The molecule has 0 saturated carbocycles. The highest BCUT2D eigenvalue weighted by molar-refractivity contribution is 7.14. The van der Waals surface area contributed by atoms with Crippen LogP contribution in [-0.4, -0.2) is 40.9 Å². The van der Waals surface area contributed by atoms with Gasteiger partial charge in [0.1, 0.15) is 10.0 Å². The highest BCUT2D eigenvalue weighted by Gasteiger charge is 2.19. The van der Waals surface area contributed by atoms with E-state index in [2.05, 4.69) is 61.8 Å². The van der Waals surface area contributed by atoms with E-state index in [9.17, 15) is 0 Å². The molecule has 1 aliphatic heterocycles. The summed E-state index contributed by atoms with van der Waals surface area (Å²) >= 11 is 1.65. The van der Waals surface area contributed by atoms with Crippen LogP contribution in [0.1, 0.15) is 23.4 Å².